The molecule has 0 amide bonds. The number of nitrogens with two attached hydrogens (primary N) is 1. The molecule has 0 saturated heterocycles. The molecule has 1 aromatic carbocycles. The van der Waals surface area contributed by atoms with Gasteiger partial charge in [0.05, 0.1) is 31.1 Å². The molecular weight excluding hydrogens is 246 g/mol. The van der Waals surface area contributed by atoms with Gasteiger partial charge in [0.1, 0.15) is 17.4 Å². The topological polar surface area (TPSA) is 88.6 Å². The van der Waals surface area contributed by atoms with Crippen molar-refractivity contribution >= 4 is 22.4 Å². The average molecular weight is 265 g/mol. The molecule has 0 radical (unpaired) electrons. The van der Waals surface area contributed by atoms with Crippen LogP contribution in [0.2, 0.25) is 0 Å². The maximum atomic E-state index is 9.12. The number of nitrogen functional groups attached to an aromatic ring is 1. The summed E-state index contributed by atoms with van der Waals surface area (Å²) in [6.07, 6.45) is 1.66. The number of fused-ring (bicyclic) bond motifs is 1. The molecule has 0 atom stereocenters. The Morgan fingerprint density at radius 1 is 1.53 bits per heavy atom. The zero-order chi connectivity index (χ0) is 13.8. The van der Waals surface area contributed by atoms with E-state index in [1.54, 1.807) is 29.2 Å². The second-order valence-electron chi connectivity index (χ2n) is 3.95. The summed E-state index contributed by atoms with van der Waals surface area (Å²) in [5.74, 6) is 0. The molecule has 1 heterocycles. The lowest BCUT2D eigenvalue weighted by molar-refractivity contribution is 0.108. The summed E-state index contributed by atoms with van der Waals surface area (Å²) in [4.78, 5) is 9.88. The van der Waals surface area contributed by atoms with Gasteiger partial charge in [-0.25, -0.2) is 14.7 Å². The third kappa shape index (κ3) is 2.42. The number of hydrogen-bond acceptors (Lipinski definition) is 6. The number of nitrogens with one attached hydrogen (secondary N) is 1. The van der Waals surface area contributed by atoms with E-state index in [2.05, 4.69) is 10.4 Å². The van der Waals surface area contributed by atoms with Gasteiger partial charge in [0.2, 0.25) is 0 Å². The van der Waals surface area contributed by atoms with Crippen LogP contribution in [-0.2, 0) is 4.84 Å². The number of hydroxylamine groups is 1. The third-order valence-corrected chi connectivity index (χ3v) is 2.80. The van der Waals surface area contributed by atoms with Gasteiger partial charge in [-0.3, -0.25) is 4.84 Å². The van der Waals surface area contributed by atoms with Gasteiger partial charge in [0, 0.05) is 7.05 Å². The van der Waals surface area contributed by atoms with Crippen LogP contribution in [0.15, 0.2) is 18.5 Å². The lowest BCUT2D eigenvalue weighted by atomic mass is 10.2. The number of aromatic nitrogens is 2. The van der Waals surface area contributed by atoms with Crippen LogP contribution in [0.5, 0.6) is 0 Å². The summed E-state index contributed by atoms with van der Waals surface area (Å²) in [6.45, 7) is 2.78. The zero-order valence-corrected chi connectivity index (χ0v) is 11.1. The molecule has 0 saturated carbocycles. The lowest BCUT2D eigenvalue weighted by Crippen LogP contribution is -2.27. The first-order valence-corrected chi connectivity index (χ1v) is 6.17. The van der Waals surface area contributed by atoms with Crippen LogP contribution in [-0.4, -0.2) is 41.6 Å². The molecular formula is C12H19N5O2. The molecule has 19 heavy (non-hydrogen) atoms. The van der Waals surface area contributed by atoms with Gasteiger partial charge in [0.15, 0.2) is 0 Å². The highest BCUT2D eigenvalue weighted by molar-refractivity contribution is 5.96. The fraction of sp³-hybridized carbons (Fsp3) is 0.417. The fourth-order valence-corrected chi connectivity index (χ4v) is 2.01. The van der Waals surface area contributed by atoms with Crippen molar-refractivity contribution in [1.82, 2.24) is 9.66 Å². The quantitative estimate of drug-likeness (QED) is 0.522. The molecule has 0 aliphatic heterocycles. The van der Waals surface area contributed by atoms with Crippen molar-refractivity contribution in [3.63, 3.8) is 0 Å². The van der Waals surface area contributed by atoms with E-state index in [1.165, 1.54) is 0 Å². The van der Waals surface area contributed by atoms with Gasteiger partial charge in [0.25, 0.3) is 0 Å². The van der Waals surface area contributed by atoms with Crippen LogP contribution in [0.4, 0.5) is 11.4 Å². The summed E-state index contributed by atoms with van der Waals surface area (Å²) in [5.41, 5.74) is 11.9. The standard InChI is InChI=1S/C12H19N5O2/c1-3-19-17(6-7-18)10-5-4-9(13)12-11(10)15-8-16(12)14-2/h4-5,8,14,18H,3,6-7,13H2,1-2H3. The molecule has 0 aliphatic rings. The van der Waals surface area contributed by atoms with Crippen molar-refractivity contribution in [1.29, 1.82) is 0 Å². The molecule has 0 spiro atoms. The normalized spacial score (nSPS) is 10.9. The molecule has 7 nitrogen and oxygen atoms in total. The van der Waals surface area contributed by atoms with Crippen LogP contribution in [0.3, 0.4) is 0 Å². The second-order valence-corrected chi connectivity index (χ2v) is 3.95. The predicted octanol–water partition coefficient (Wildman–Crippen LogP) is 0.542. The van der Waals surface area contributed by atoms with Crippen molar-refractivity contribution in [3.05, 3.63) is 18.5 Å². The fourth-order valence-electron chi connectivity index (χ4n) is 2.01. The van der Waals surface area contributed by atoms with Gasteiger partial charge in [-0.15, -0.1) is 0 Å². The smallest absolute Gasteiger partial charge is 0.118 e. The Kier molecular flexibility index (Phi) is 4.08. The monoisotopic (exact) mass is 265 g/mol. The lowest BCUT2D eigenvalue weighted by Gasteiger charge is -2.23. The van der Waals surface area contributed by atoms with Gasteiger partial charge in [-0.1, -0.05) is 0 Å². The minimum atomic E-state index is -0.00138. The third-order valence-electron chi connectivity index (χ3n) is 2.80. The molecule has 0 fully saturated rings. The molecule has 7 heteroatoms. The Labute approximate surface area is 111 Å². The summed E-state index contributed by atoms with van der Waals surface area (Å²) in [7, 11) is 1.79. The van der Waals surface area contributed by atoms with Crippen LogP contribution < -0.4 is 16.2 Å². The molecule has 0 bridgehead atoms. The number of benzene rings is 1. The van der Waals surface area contributed by atoms with Crippen LogP contribution in [0.25, 0.3) is 11.0 Å². The number of hydrogen-bond donors (Lipinski definition) is 3. The van der Waals surface area contributed by atoms with Crippen LogP contribution >= 0.6 is 0 Å². The Bertz CT molecular complexity index is 548. The van der Waals surface area contributed by atoms with Crippen molar-refractivity contribution in [2.45, 2.75) is 6.92 Å². The average Bonchev–Trinajstić information content (AvgIpc) is 2.84. The van der Waals surface area contributed by atoms with E-state index in [0.29, 0.717) is 18.8 Å². The Morgan fingerprint density at radius 2 is 2.32 bits per heavy atom. The molecule has 0 aliphatic carbocycles. The number of rotatable bonds is 6. The van der Waals surface area contributed by atoms with E-state index in [1.807, 2.05) is 13.0 Å². The highest BCUT2D eigenvalue weighted by Crippen LogP contribution is 2.29. The highest BCUT2D eigenvalue weighted by atomic mass is 16.7. The van der Waals surface area contributed by atoms with E-state index in [4.69, 9.17) is 15.7 Å². The Balaban J connectivity index is 2.53. The van der Waals surface area contributed by atoms with E-state index < -0.39 is 0 Å². The molecule has 2 rings (SSSR count). The number of nitrogens with zero attached hydrogens (tertiary/aromatic N) is 3. The maximum absolute atomic E-state index is 9.12. The van der Waals surface area contributed by atoms with Crippen molar-refractivity contribution in [2.24, 2.45) is 0 Å². The first-order valence-electron chi connectivity index (χ1n) is 6.17. The zero-order valence-electron chi connectivity index (χ0n) is 11.1. The number of imidazole rings is 1. The van der Waals surface area contributed by atoms with E-state index >= 15 is 0 Å². The van der Waals surface area contributed by atoms with Crippen molar-refractivity contribution < 1.29 is 9.94 Å². The van der Waals surface area contributed by atoms with E-state index in [9.17, 15) is 0 Å². The summed E-state index contributed by atoms with van der Waals surface area (Å²) >= 11 is 0. The van der Waals surface area contributed by atoms with Gasteiger partial charge in [-0.05, 0) is 19.1 Å². The van der Waals surface area contributed by atoms with Crippen LogP contribution in [0, 0.1) is 0 Å². The van der Waals surface area contributed by atoms with E-state index in [-0.39, 0.29) is 6.61 Å². The van der Waals surface area contributed by atoms with Crippen LogP contribution in [0.1, 0.15) is 6.92 Å². The number of aliphatic hydroxyl groups excluding tert-OH is 1. The van der Waals surface area contributed by atoms with Gasteiger partial charge < -0.3 is 16.3 Å². The largest absolute Gasteiger partial charge is 0.397 e. The van der Waals surface area contributed by atoms with Gasteiger partial charge >= 0.3 is 0 Å². The molecule has 4 N–H and O–H groups in total. The Hall–Kier alpha value is -1.99. The maximum Gasteiger partial charge on any atom is 0.118 e. The van der Waals surface area contributed by atoms with E-state index in [0.717, 1.165) is 16.7 Å². The Morgan fingerprint density at radius 3 is 2.95 bits per heavy atom. The summed E-state index contributed by atoms with van der Waals surface area (Å²) < 4.78 is 1.75. The summed E-state index contributed by atoms with van der Waals surface area (Å²) in [5, 5.41) is 10.8. The molecule has 0 unspecified atom stereocenters. The number of anilines is 2. The van der Waals surface area contributed by atoms with Gasteiger partial charge in [-0.2, -0.15) is 0 Å². The minimum absolute atomic E-state index is 0.00138. The SMILES string of the molecule is CCON(CCO)c1ccc(N)c2c1ncn2NC. The summed E-state index contributed by atoms with van der Waals surface area (Å²) in [6, 6.07) is 3.65. The molecule has 104 valence electrons. The first-order chi connectivity index (χ1) is 9.22. The van der Waals surface area contributed by atoms with Crippen molar-refractivity contribution in [2.75, 3.05) is 43.0 Å². The first kappa shape index (κ1) is 13.4. The predicted molar refractivity (Wildman–Crippen MR) is 75.5 cm³/mol. The molecule has 1 aromatic heterocycles. The minimum Gasteiger partial charge on any atom is -0.397 e. The highest BCUT2D eigenvalue weighted by Gasteiger charge is 2.15. The number of aliphatic hydroxyl groups is 1. The molecule has 2 aromatic rings. The second kappa shape index (κ2) is 5.77. The van der Waals surface area contributed by atoms with Crippen molar-refractivity contribution in [3.8, 4) is 0 Å².